The Morgan fingerprint density at radius 3 is 2.19 bits per heavy atom. The summed E-state index contributed by atoms with van der Waals surface area (Å²) in [5, 5.41) is 12.0. The van der Waals surface area contributed by atoms with Crippen LogP contribution in [0.5, 0.6) is 0 Å². The molecule has 2 atom stereocenters. The van der Waals surface area contributed by atoms with Gasteiger partial charge in [0.15, 0.2) is 0 Å². The molecule has 5 heteroatoms. The minimum Gasteiger partial charge on any atom is -0.479 e. The Morgan fingerprint density at radius 2 is 1.69 bits per heavy atom. The number of fused-ring (bicyclic) bond motifs is 3. The highest BCUT2D eigenvalue weighted by Crippen LogP contribution is 2.47. The average molecular weight is 351 g/mol. The molecule has 1 fully saturated rings. The Balaban J connectivity index is 1.49. The molecule has 2 aliphatic rings. The van der Waals surface area contributed by atoms with Gasteiger partial charge in [0.05, 0.1) is 0 Å². The number of amides is 1. The van der Waals surface area contributed by atoms with Crippen molar-refractivity contribution in [1.82, 2.24) is 5.32 Å². The second-order valence-electron chi connectivity index (χ2n) is 7.04. The fourth-order valence-corrected chi connectivity index (χ4v) is 4.11. The zero-order valence-electron chi connectivity index (χ0n) is 14.6. The molecule has 2 aromatic carbocycles. The molecule has 2 N–H and O–H groups in total. The first-order valence-electron chi connectivity index (χ1n) is 8.93. The second kappa shape index (κ2) is 6.16. The number of carbonyl (C=O) groups is 2. The molecule has 2 aromatic rings. The van der Waals surface area contributed by atoms with Crippen molar-refractivity contribution in [1.29, 1.82) is 0 Å². The van der Waals surface area contributed by atoms with Crippen molar-refractivity contribution in [2.75, 3.05) is 6.61 Å². The van der Waals surface area contributed by atoms with E-state index < -0.39 is 17.6 Å². The molecule has 4 rings (SSSR count). The zero-order valence-corrected chi connectivity index (χ0v) is 14.6. The monoisotopic (exact) mass is 351 g/mol. The van der Waals surface area contributed by atoms with Gasteiger partial charge in [0.2, 0.25) is 0 Å². The molecule has 134 valence electrons. The molecule has 5 nitrogen and oxygen atoms in total. The van der Waals surface area contributed by atoms with E-state index in [1.807, 2.05) is 43.3 Å². The van der Waals surface area contributed by atoms with E-state index in [0.717, 1.165) is 28.7 Å². The third-order valence-corrected chi connectivity index (χ3v) is 5.65. The van der Waals surface area contributed by atoms with Gasteiger partial charge in [-0.05, 0) is 34.6 Å². The smallest absolute Gasteiger partial charge is 0.408 e. The summed E-state index contributed by atoms with van der Waals surface area (Å²) in [5.41, 5.74) is 3.43. The lowest BCUT2D eigenvalue weighted by molar-refractivity contribution is -0.141. The minimum atomic E-state index is -1.16. The van der Waals surface area contributed by atoms with E-state index in [9.17, 15) is 14.7 Å². The number of benzene rings is 2. The Hall–Kier alpha value is -2.82. The first-order valence-corrected chi connectivity index (χ1v) is 8.93. The third-order valence-electron chi connectivity index (χ3n) is 5.65. The maximum Gasteiger partial charge on any atom is 0.408 e. The van der Waals surface area contributed by atoms with Gasteiger partial charge in [0, 0.05) is 5.92 Å². The summed E-state index contributed by atoms with van der Waals surface area (Å²) in [7, 11) is 0. The van der Waals surface area contributed by atoms with E-state index in [1.54, 1.807) is 0 Å². The topological polar surface area (TPSA) is 75.6 Å². The van der Waals surface area contributed by atoms with Gasteiger partial charge in [0.1, 0.15) is 12.1 Å². The molecule has 0 saturated heterocycles. The van der Waals surface area contributed by atoms with E-state index in [2.05, 4.69) is 17.4 Å². The van der Waals surface area contributed by atoms with Gasteiger partial charge in [-0.3, -0.25) is 0 Å². The number of hydrogen-bond donors (Lipinski definition) is 2. The number of hydrogen-bond acceptors (Lipinski definition) is 3. The van der Waals surface area contributed by atoms with Crippen LogP contribution < -0.4 is 5.32 Å². The van der Waals surface area contributed by atoms with Crippen LogP contribution in [0.25, 0.3) is 11.1 Å². The number of aliphatic carboxylic acids is 1. The maximum atomic E-state index is 12.2. The van der Waals surface area contributed by atoms with Crippen molar-refractivity contribution in [2.24, 2.45) is 5.92 Å². The van der Waals surface area contributed by atoms with Gasteiger partial charge >= 0.3 is 12.1 Å². The molecule has 0 bridgehead atoms. The summed E-state index contributed by atoms with van der Waals surface area (Å²) < 4.78 is 5.45. The predicted molar refractivity (Wildman–Crippen MR) is 97.0 cm³/mol. The molecule has 0 aliphatic heterocycles. The van der Waals surface area contributed by atoms with Crippen LogP contribution in [0.4, 0.5) is 4.79 Å². The van der Waals surface area contributed by atoms with Gasteiger partial charge in [-0.25, -0.2) is 9.59 Å². The number of ether oxygens (including phenoxy) is 1. The standard InChI is InChI=1S/C21H21NO4/c1-2-13-11-21(13,19(23)24)22-20(25)26-12-18-16-9-5-3-7-14(16)15-8-4-6-10-17(15)18/h3-10,13,18H,2,11-12H2,1H3,(H,22,25)(H,23,24)/t13-,21+/m1/s1. The van der Waals surface area contributed by atoms with Crippen molar-refractivity contribution in [3.8, 4) is 11.1 Å². The van der Waals surface area contributed by atoms with Crippen LogP contribution in [0.2, 0.25) is 0 Å². The number of nitrogens with one attached hydrogen (secondary N) is 1. The molecular weight excluding hydrogens is 330 g/mol. The van der Waals surface area contributed by atoms with Crippen molar-refractivity contribution < 1.29 is 19.4 Å². The predicted octanol–water partition coefficient (Wildman–Crippen LogP) is 3.78. The van der Waals surface area contributed by atoms with Crippen LogP contribution in [0, 0.1) is 5.92 Å². The van der Waals surface area contributed by atoms with Crippen LogP contribution in [0.15, 0.2) is 48.5 Å². The average Bonchev–Trinajstić information content (AvgIpc) is 3.28. The summed E-state index contributed by atoms with van der Waals surface area (Å²) in [5.74, 6) is -1.05. The lowest BCUT2D eigenvalue weighted by Gasteiger charge is -2.17. The fraction of sp³-hybridized carbons (Fsp3) is 0.333. The molecule has 2 aliphatic carbocycles. The molecule has 0 heterocycles. The van der Waals surface area contributed by atoms with E-state index in [1.165, 1.54) is 0 Å². The SMILES string of the molecule is CC[C@@H]1C[C@@]1(NC(=O)OCC1c2ccccc2-c2ccccc21)C(=O)O. The molecule has 0 unspecified atom stereocenters. The van der Waals surface area contributed by atoms with Crippen molar-refractivity contribution in [2.45, 2.75) is 31.2 Å². The van der Waals surface area contributed by atoms with Crippen LogP contribution in [-0.2, 0) is 9.53 Å². The summed E-state index contributed by atoms with van der Waals surface area (Å²) in [6, 6.07) is 16.2. The third kappa shape index (κ3) is 2.55. The van der Waals surface area contributed by atoms with Gasteiger partial charge in [0.25, 0.3) is 0 Å². The number of rotatable bonds is 5. The van der Waals surface area contributed by atoms with Gasteiger partial charge in [-0.15, -0.1) is 0 Å². The van der Waals surface area contributed by atoms with Crippen LogP contribution in [0.1, 0.15) is 36.8 Å². The highest BCUT2D eigenvalue weighted by Gasteiger charge is 2.61. The molecular formula is C21H21NO4. The minimum absolute atomic E-state index is 0.0273. The molecule has 1 amide bonds. The quantitative estimate of drug-likeness (QED) is 0.860. The normalized spacial score (nSPS) is 23.0. The Morgan fingerprint density at radius 1 is 1.12 bits per heavy atom. The first kappa shape index (κ1) is 16.6. The Labute approximate surface area is 152 Å². The lowest BCUT2D eigenvalue weighted by Crippen LogP contribution is -2.45. The molecule has 1 saturated carbocycles. The number of alkyl carbamates (subject to hydrolysis) is 1. The second-order valence-corrected chi connectivity index (χ2v) is 7.04. The highest BCUT2D eigenvalue weighted by molar-refractivity contribution is 5.88. The van der Waals surface area contributed by atoms with Crippen molar-refractivity contribution in [3.63, 3.8) is 0 Å². The summed E-state index contributed by atoms with van der Waals surface area (Å²) in [6.45, 7) is 2.11. The molecule has 0 radical (unpaired) electrons. The van der Waals surface area contributed by atoms with E-state index >= 15 is 0 Å². The van der Waals surface area contributed by atoms with Gasteiger partial charge < -0.3 is 15.2 Å². The highest BCUT2D eigenvalue weighted by atomic mass is 16.5. The van der Waals surface area contributed by atoms with E-state index in [0.29, 0.717) is 6.42 Å². The van der Waals surface area contributed by atoms with Crippen LogP contribution in [0.3, 0.4) is 0 Å². The van der Waals surface area contributed by atoms with Crippen LogP contribution in [-0.4, -0.2) is 29.3 Å². The van der Waals surface area contributed by atoms with Crippen molar-refractivity contribution >= 4 is 12.1 Å². The molecule has 0 spiro atoms. The largest absolute Gasteiger partial charge is 0.479 e. The molecule has 26 heavy (non-hydrogen) atoms. The van der Waals surface area contributed by atoms with Gasteiger partial charge in [-0.1, -0.05) is 61.9 Å². The van der Waals surface area contributed by atoms with Crippen molar-refractivity contribution in [3.05, 3.63) is 59.7 Å². The summed E-state index contributed by atoms with van der Waals surface area (Å²) in [6.07, 6.45) is 0.518. The summed E-state index contributed by atoms with van der Waals surface area (Å²) >= 11 is 0. The first-order chi connectivity index (χ1) is 12.6. The Bertz CT molecular complexity index is 832. The summed E-state index contributed by atoms with van der Waals surface area (Å²) in [4.78, 5) is 23.8. The number of carboxylic acids is 1. The van der Waals surface area contributed by atoms with Crippen LogP contribution >= 0.6 is 0 Å². The molecule has 0 aromatic heterocycles. The number of carboxylic acid groups (broad SMARTS) is 1. The number of carbonyl (C=O) groups excluding carboxylic acids is 1. The Kier molecular flexibility index (Phi) is 3.94. The fourth-order valence-electron chi connectivity index (χ4n) is 4.11. The van der Waals surface area contributed by atoms with E-state index in [-0.39, 0.29) is 18.4 Å². The van der Waals surface area contributed by atoms with E-state index in [4.69, 9.17) is 4.74 Å². The maximum absolute atomic E-state index is 12.2. The van der Waals surface area contributed by atoms with Gasteiger partial charge in [-0.2, -0.15) is 0 Å². The zero-order chi connectivity index (χ0) is 18.3. The lowest BCUT2D eigenvalue weighted by atomic mass is 9.98.